The van der Waals surface area contributed by atoms with E-state index in [-0.39, 0.29) is 17.8 Å². The Bertz CT molecular complexity index is 487. The van der Waals surface area contributed by atoms with Gasteiger partial charge in [-0.25, -0.2) is 4.79 Å². The Labute approximate surface area is 124 Å². The Kier molecular flexibility index (Phi) is 6.32. The number of nitrogens with zero attached hydrogens (tertiary/aromatic N) is 2. The van der Waals surface area contributed by atoms with E-state index in [0.29, 0.717) is 18.8 Å². The molecule has 7 nitrogen and oxygen atoms in total. The third-order valence-electron chi connectivity index (χ3n) is 3.12. The SMILES string of the molecule is CCN(CC(C)C(N)=NO)C(=O)Nc1ccc(OC)cc1. The minimum absolute atomic E-state index is 0.102. The molecular formula is C14H22N4O3. The van der Waals surface area contributed by atoms with Crippen LogP contribution in [0.3, 0.4) is 0 Å². The zero-order valence-electron chi connectivity index (χ0n) is 12.5. The number of oxime groups is 1. The summed E-state index contributed by atoms with van der Waals surface area (Å²) in [5, 5.41) is 14.4. The maximum absolute atomic E-state index is 12.2. The van der Waals surface area contributed by atoms with Gasteiger partial charge < -0.3 is 25.9 Å². The standard InChI is InChI=1S/C14H22N4O3/c1-4-18(9-10(2)13(15)17-20)14(19)16-11-5-7-12(21-3)8-6-11/h5-8,10,20H,4,9H2,1-3H3,(H2,15,17)(H,16,19). The number of rotatable bonds is 6. The van der Waals surface area contributed by atoms with Gasteiger partial charge >= 0.3 is 6.03 Å². The van der Waals surface area contributed by atoms with E-state index < -0.39 is 0 Å². The third kappa shape index (κ3) is 4.87. The lowest BCUT2D eigenvalue weighted by molar-refractivity contribution is 0.210. The minimum Gasteiger partial charge on any atom is -0.497 e. The largest absolute Gasteiger partial charge is 0.497 e. The monoisotopic (exact) mass is 294 g/mol. The fraction of sp³-hybridized carbons (Fsp3) is 0.429. The van der Waals surface area contributed by atoms with E-state index in [2.05, 4.69) is 10.5 Å². The molecule has 7 heteroatoms. The van der Waals surface area contributed by atoms with Crippen molar-refractivity contribution in [1.82, 2.24) is 4.90 Å². The summed E-state index contributed by atoms with van der Waals surface area (Å²) in [7, 11) is 1.58. The van der Waals surface area contributed by atoms with Gasteiger partial charge in [-0.1, -0.05) is 12.1 Å². The zero-order chi connectivity index (χ0) is 15.8. The highest BCUT2D eigenvalue weighted by molar-refractivity contribution is 5.90. The molecule has 0 aliphatic carbocycles. The van der Waals surface area contributed by atoms with Gasteiger partial charge in [-0.05, 0) is 31.2 Å². The lowest BCUT2D eigenvalue weighted by Gasteiger charge is -2.24. The molecule has 1 rings (SSSR count). The van der Waals surface area contributed by atoms with Crippen molar-refractivity contribution in [3.05, 3.63) is 24.3 Å². The molecule has 21 heavy (non-hydrogen) atoms. The second-order valence-corrected chi connectivity index (χ2v) is 4.62. The second kappa shape index (κ2) is 7.98. The molecule has 1 aromatic carbocycles. The normalized spacial score (nSPS) is 12.6. The van der Waals surface area contributed by atoms with Gasteiger partial charge in [0.25, 0.3) is 0 Å². The van der Waals surface area contributed by atoms with E-state index in [1.807, 2.05) is 6.92 Å². The molecule has 0 saturated heterocycles. The summed E-state index contributed by atoms with van der Waals surface area (Å²) < 4.78 is 5.06. The van der Waals surface area contributed by atoms with Crippen LogP contribution in [0.5, 0.6) is 5.75 Å². The van der Waals surface area contributed by atoms with E-state index in [0.717, 1.165) is 5.75 Å². The number of hydrogen-bond donors (Lipinski definition) is 3. The van der Waals surface area contributed by atoms with E-state index in [1.165, 1.54) is 0 Å². The molecule has 1 unspecified atom stereocenters. The number of urea groups is 1. The summed E-state index contributed by atoms with van der Waals surface area (Å²) >= 11 is 0. The Morgan fingerprint density at radius 3 is 2.57 bits per heavy atom. The number of carbonyl (C=O) groups is 1. The summed E-state index contributed by atoms with van der Waals surface area (Å²) in [5.41, 5.74) is 6.21. The number of methoxy groups -OCH3 is 1. The number of anilines is 1. The number of carbonyl (C=O) groups excluding carboxylic acids is 1. The Hall–Kier alpha value is -2.44. The van der Waals surface area contributed by atoms with Crippen LogP contribution in [-0.4, -0.2) is 42.2 Å². The first-order chi connectivity index (χ1) is 10.0. The first kappa shape index (κ1) is 16.6. The van der Waals surface area contributed by atoms with Crippen LogP contribution in [0.25, 0.3) is 0 Å². The summed E-state index contributed by atoms with van der Waals surface area (Å²) in [6.45, 7) is 4.55. The van der Waals surface area contributed by atoms with Crippen LogP contribution in [0, 0.1) is 5.92 Å². The van der Waals surface area contributed by atoms with Gasteiger partial charge in [0, 0.05) is 24.7 Å². The van der Waals surface area contributed by atoms with Crippen molar-refractivity contribution in [2.24, 2.45) is 16.8 Å². The highest BCUT2D eigenvalue weighted by atomic mass is 16.5. The van der Waals surface area contributed by atoms with E-state index in [4.69, 9.17) is 15.7 Å². The van der Waals surface area contributed by atoms with Gasteiger partial charge in [-0.3, -0.25) is 0 Å². The second-order valence-electron chi connectivity index (χ2n) is 4.62. The average Bonchev–Trinajstić information content (AvgIpc) is 2.51. The van der Waals surface area contributed by atoms with Crippen LogP contribution < -0.4 is 15.8 Å². The van der Waals surface area contributed by atoms with Crippen LogP contribution in [-0.2, 0) is 0 Å². The Morgan fingerprint density at radius 2 is 2.10 bits per heavy atom. The smallest absolute Gasteiger partial charge is 0.321 e. The summed E-state index contributed by atoms with van der Waals surface area (Å²) in [6.07, 6.45) is 0. The van der Waals surface area contributed by atoms with E-state index >= 15 is 0 Å². The van der Waals surface area contributed by atoms with Crippen molar-refractivity contribution in [3.8, 4) is 5.75 Å². The molecule has 0 saturated carbocycles. The molecule has 0 aromatic heterocycles. The summed E-state index contributed by atoms with van der Waals surface area (Å²) in [4.78, 5) is 13.8. The van der Waals surface area contributed by atoms with Gasteiger partial charge in [-0.15, -0.1) is 0 Å². The van der Waals surface area contributed by atoms with Crippen molar-refractivity contribution in [3.63, 3.8) is 0 Å². The number of nitrogens with two attached hydrogens (primary N) is 1. The van der Waals surface area contributed by atoms with Gasteiger partial charge in [0.1, 0.15) is 11.6 Å². The van der Waals surface area contributed by atoms with Crippen molar-refractivity contribution in [2.45, 2.75) is 13.8 Å². The van der Waals surface area contributed by atoms with E-state index in [9.17, 15) is 4.79 Å². The molecule has 2 amide bonds. The Balaban J connectivity index is 2.65. The summed E-state index contributed by atoms with van der Waals surface area (Å²) in [6, 6.07) is 6.82. The van der Waals surface area contributed by atoms with Gasteiger partial charge in [0.05, 0.1) is 7.11 Å². The molecule has 0 aliphatic rings. The number of amides is 2. The molecule has 0 radical (unpaired) electrons. The Morgan fingerprint density at radius 1 is 1.48 bits per heavy atom. The van der Waals surface area contributed by atoms with Gasteiger partial charge in [-0.2, -0.15) is 0 Å². The lowest BCUT2D eigenvalue weighted by atomic mass is 10.1. The molecule has 0 fully saturated rings. The number of amidine groups is 1. The molecule has 0 bridgehead atoms. The average molecular weight is 294 g/mol. The minimum atomic E-state index is -0.236. The fourth-order valence-corrected chi connectivity index (χ4v) is 1.76. The maximum atomic E-state index is 12.2. The first-order valence-corrected chi connectivity index (χ1v) is 6.69. The van der Waals surface area contributed by atoms with Crippen LogP contribution >= 0.6 is 0 Å². The molecule has 1 aromatic rings. The van der Waals surface area contributed by atoms with Crippen LogP contribution in [0.1, 0.15) is 13.8 Å². The predicted octanol–water partition coefficient (Wildman–Crippen LogP) is 1.93. The first-order valence-electron chi connectivity index (χ1n) is 6.69. The van der Waals surface area contributed by atoms with E-state index in [1.54, 1.807) is 43.2 Å². The molecule has 0 spiro atoms. The molecule has 116 valence electrons. The van der Waals surface area contributed by atoms with Crippen molar-refractivity contribution in [2.75, 3.05) is 25.5 Å². The molecular weight excluding hydrogens is 272 g/mol. The third-order valence-corrected chi connectivity index (χ3v) is 3.12. The van der Waals surface area contributed by atoms with Crippen LogP contribution in [0.15, 0.2) is 29.4 Å². The quantitative estimate of drug-likeness (QED) is 0.323. The lowest BCUT2D eigenvalue weighted by Crippen LogP contribution is -2.41. The van der Waals surface area contributed by atoms with Crippen LogP contribution in [0.4, 0.5) is 10.5 Å². The van der Waals surface area contributed by atoms with Crippen LogP contribution in [0.2, 0.25) is 0 Å². The highest BCUT2D eigenvalue weighted by Gasteiger charge is 2.17. The molecule has 1 atom stereocenters. The highest BCUT2D eigenvalue weighted by Crippen LogP contribution is 2.15. The van der Waals surface area contributed by atoms with Gasteiger partial charge in [0.15, 0.2) is 0 Å². The molecule has 4 N–H and O–H groups in total. The van der Waals surface area contributed by atoms with Crippen molar-refractivity contribution >= 4 is 17.6 Å². The van der Waals surface area contributed by atoms with Gasteiger partial charge in [0.2, 0.25) is 0 Å². The molecule has 0 aliphatic heterocycles. The van der Waals surface area contributed by atoms with Crippen molar-refractivity contribution < 1.29 is 14.7 Å². The topological polar surface area (TPSA) is 100 Å². The fourth-order valence-electron chi connectivity index (χ4n) is 1.76. The number of nitrogens with one attached hydrogen (secondary N) is 1. The molecule has 0 heterocycles. The predicted molar refractivity (Wildman–Crippen MR) is 81.8 cm³/mol. The van der Waals surface area contributed by atoms with Crippen molar-refractivity contribution in [1.29, 1.82) is 0 Å². The zero-order valence-corrected chi connectivity index (χ0v) is 12.5. The summed E-state index contributed by atoms with van der Waals surface area (Å²) in [5.74, 6) is 0.600. The number of benzene rings is 1. The number of ether oxygens (including phenoxy) is 1. The number of hydrogen-bond acceptors (Lipinski definition) is 4. The maximum Gasteiger partial charge on any atom is 0.321 e.